The van der Waals surface area contributed by atoms with Crippen LogP contribution in [0.5, 0.6) is 0 Å². The van der Waals surface area contributed by atoms with E-state index in [4.69, 9.17) is 0 Å². The molecule has 2 aromatic carbocycles. The van der Waals surface area contributed by atoms with Crippen molar-refractivity contribution in [3.05, 3.63) is 71.9 Å². The SMILES string of the molecule is c1ccc(Cn2cc(CNC3CCCCCCC3)c3ccccc32)cc1. The van der Waals surface area contributed by atoms with Crippen molar-refractivity contribution in [3.63, 3.8) is 0 Å². The molecule has 0 amide bonds. The smallest absolute Gasteiger partial charge is 0.0486 e. The van der Waals surface area contributed by atoms with Gasteiger partial charge in [-0.15, -0.1) is 0 Å². The number of fused-ring (bicyclic) bond motifs is 1. The Morgan fingerprint density at radius 2 is 1.50 bits per heavy atom. The Labute approximate surface area is 157 Å². The summed E-state index contributed by atoms with van der Waals surface area (Å²) in [7, 11) is 0. The molecule has 1 N–H and O–H groups in total. The van der Waals surface area contributed by atoms with E-state index >= 15 is 0 Å². The quantitative estimate of drug-likeness (QED) is 0.609. The molecule has 2 heteroatoms. The number of para-hydroxylation sites is 1. The standard InChI is InChI=1S/C24H30N2/c1-2-7-13-22(14-8-3-1)25-17-21-19-26(18-20-11-5-4-6-12-20)24-16-10-9-15-23(21)24/h4-6,9-12,15-16,19,22,25H,1-3,7-8,13-14,17-18H2. The molecule has 3 aromatic rings. The summed E-state index contributed by atoms with van der Waals surface area (Å²) < 4.78 is 2.40. The normalized spacial score (nSPS) is 16.5. The average molecular weight is 347 g/mol. The van der Waals surface area contributed by atoms with Crippen LogP contribution >= 0.6 is 0 Å². The zero-order chi connectivity index (χ0) is 17.6. The summed E-state index contributed by atoms with van der Waals surface area (Å²) in [5, 5.41) is 5.25. The minimum absolute atomic E-state index is 0.687. The first kappa shape index (κ1) is 17.4. The third-order valence-electron chi connectivity index (χ3n) is 5.75. The maximum atomic E-state index is 3.86. The first-order valence-electron chi connectivity index (χ1n) is 10.2. The highest BCUT2D eigenvalue weighted by molar-refractivity contribution is 5.84. The van der Waals surface area contributed by atoms with Gasteiger partial charge < -0.3 is 9.88 Å². The fourth-order valence-corrected chi connectivity index (χ4v) is 4.29. The van der Waals surface area contributed by atoms with Crippen molar-refractivity contribution in [3.8, 4) is 0 Å². The summed E-state index contributed by atoms with van der Waals surface area (Å²) in [5.74, 6) is 0. The van der Waals surface area contributed by atoms with Gasteiger partial charge in [-0.05, 0) is 30.0 Å². The van der Waals surface area contributed by atoms with E-state index in [2.05, 4.69) is 70.7 Å². The minimum Gasteiger partial charge on any atom is -0.343 e. The number of nitrogens with one attached hydrogen (secondary N) is 1. The second-order valence-corrected chi connectivity index (χ2v) is 7.71. The molecule has 0 bridgehead atoms. The first-order valence-corrected chi connectivity index (χ1v) is 10.2. The molecule has 0 spiro atoms. The Bertz CT molecular complexity index is 811. The number of benzene rings is 2. The molecule has 26 heavy (non-hydrogen) atoms. The second-order valence-electron chi connectivity index (χ2n) is 7.71. The summed E-state index contributed by atoms with van der Waals surface area (Å²) in [6, 6.07) is 20.3. The van der Waals surface area contributed by atoms with E-state index in [1.807, 2.05) is 0 Å². The van der Waals surface area contributed by atoms with E-state index in [0.717, 1.165) is 13.1 Å². The van der Waals surface area contributed by atoms with Crippen molar-refractivity contribution in [2.75, 3.05) is 0 Å². The van der Waals surface area contributed by atoms with Gasteiger partial charge in [-0.2, -0.15) is 0 Å². The second kappa shape index (κ2) is 8.55. The Morgan fingerprint density at radius 3 is 2.31 bits per heavy atom. The van der Waals surface area contributed by atoms with Crippen LogP contribution in [0.3, 0.4) is 0 Å². The molecule has 1 heterocycles. The van der Waals surface area contributed by atoms with E-state index in [0.29, 0.717) is 6.04 Å². The molecule has 1 aliphatic carbocycles. The van der Waals surface area contributed by atoms with Crippen molar-refractivity contribution in [1.29, 1.82) is 0 Å². The van der Waals surface area contributed by atoms with Crippen LogP contribution in [0.15, 0.2) is 60.8 Å². The number of rotatable bonds is 5. The average Bonchev–Trinajstić information content (AvgIpc) is 3.00. The molecular formula is C24H30N2. The molecule has 1 saturated carbocycles. The van der Waals surface area contributed by atoms with Gasteiger partial charge in [0.1, 0.15) is 0 Å². The van der Waals surface area contributed by atoms with E-state index in [-0.39, 0.29) is 0 Å². The molecule has 2 nitrogen and oxygen atoms in total. The lowest BCUT2D eigenvalue weighted by atomic mass is 9.96. The molecular weight excluding hydrogens is 316 g/mol. The van der Waals surface area contributed by atoms with Crippen molar-refractivity contribution in [2.45, 2.75) is 64.1 Å². The molecule has 4 rings (SSSR count). The molecule has 136 valence electrons. The zero-order valence-corrected chi connectivity index (χ0v) is 15.7. The van der Waals surface area contributed by atoms with E-state index < -0.39 is 0 Å². The van der Waals surface area contributed by atoms with Crippen LogP contribution in [0.25, 0.3) is 10.9 Å². The Hall–Kier alpha value is -2.06. The number of hydrogen-bond donors (Lipinski definition) is 1. The van der Waals surface area contributed by atoms with Crippen LogP contribution in [0.4, 0.5) is 0 Å². The highest BCUT2D eigenvalue weighted by atomic mass is 15.0. The van der Waals surface area contributed by atoms with Crippen LogP contribution in [0.1, 0.15) is 56.1 Å². The topological polar surface area (TPSA) is 17.0 Å². The number of hydrogen-bond acceptors (Lipinski definition) is 1. The molecule has 1 aliphatic rings. The van der Waals surface area contributed by atoms with Gasteiger partial charge in [-0.3, -0.25) is 0 Å². The van der Waals surface area contributed by atoms with E-state index in [1.54, 1.807) is 0 Å². The fraction of sp³-hybridized carbons (Fsp3) is 0.417. The van der Waals surface area contributed by atoms with Gasteiger partial charge in [0.2, 0.25) is 0 Å². The molecule has 1 fully saturated rings. The molecule has 1 aromatic heterocycles. The highest BCUT2D eigenvalue weighted by Gasteiger charge is 2.13. The first-order chi connectivity index (χ1) is 12.9. The van der Waals surface area contributed by atoms with Crippen LogP contribution in [0.2, 0.25) is 0 Å². The Kier molecular flexibility index (Phi) is 5.71. The summed E-state index contributed by atoms with van der Waals surface area (Å²) in [4.78, 5) is 0. The van der Waals surface area contributed by atoms with Gasteiger partial charge in [0.15, 0.2) is 0 Å². The fourth-order valence-electron chi connectivity index (χ4n) is 4.29. The van der Waals surface area contributed by atoms with Crippen molar-refractivity contribution in [1.82, 2.24) is 9.88 Å². The molecule has 0 radical (unpaired) electrons. The Balaban J connectivity index is 1.51. The molecule has 0 atom stereocenters. The summed E-state index contributed by atoms with van der Waals surface area (Å²) in [6.45, 7) is 1.91. The molecule has 0 saturated heterocycles. The van der Waals surface area contributed by atoms with Crippen molar-refractivity contribution in [2.24, 2.45) is 0 Å². The monoisotopic (exact) mass is 346 g/mol. The van der Waals surface area contributed by atoms with E-state index in [9.17, 15) is 0 Å². The third-order valence-corrected chi connectivity index (χ3v) is 5.75. The lowest BCUT2D eigenvalue weighted by Gasteiger charge is -2.21. The van der Waals surface area contributed by atoms with Crippen LogP contribution in [0, 0.1) is 0 Å². The van der Waals surface area contributed by atoms with Crippen LogP contribution in [-0.4, -0.2) is 10.6 Å². The summed E-state index contributed by atoms with van der Waals surface area (Å²) in [6.07, 6.45) is 12.0. The van der Waals surface area contributed by atoms with Crippen molar-refractivity contribution < 1.29 is 0 Å². The van der Waals surface area contributed by atoms with Gasteiger partial charge in [-0.25, -0.2) is 0 Å². The van der Waals surface area contributed by atoms with Crippen molar-refractivity contribution >= 4 is 10.9 Å². The lowest BCUT2D eigenvalue weighted by molar-refractivity contribution is 0.389. The molecule has 0 aliphatic heterocycles. The third kappa shape index (κ3) is 4.19. The zero-order valence-electron chi connectivity index (χ0n) is 15.7. The number of aromatic nitrogens is 1. The molecule has 0 unspecified atom stereocenters. The predicted molar refractivity (Wildman–Crippen MR) is 110 cm³/mol. The van der Waals surface area contributed by atoms with Gasteiger partial charge in [0.25, 0.3) is 0 Å². The largest absolute Gasteiger partial charge is 0.343 e. The van der Waals surface area contributed by atoms with E-state index in [1.165, 1.54) is 67.0 Å². The minimum atomic E-state index is 0.687. The lowest BCUT2D eigenvalue weighted by Crippen LogP contribution is -2.29. The Morgan fingerprint density at radius 1 is 0.808 bits per heavy atom. The van der Waals surface area contributed by atoms with Gasteiger partial charge in [0.05, 0.1) is 0 Å². The maximum Gasteiger partial charge on any atom is 0.0486 e. The number of nitrogens with zero attached hydrogens (tertiary/aromatic N) is 1. The van der Waals surface area contributed by atoms with Crippen LogP contribution in [-0.2, 0) is 13.1 Å². The summed E-state index contributed by atoms with van der Waals surface area (Å²) >= 11 is 0. The summed E-state index contributed by atoms with van der Waals surface area (Å²) in [5.41, 5.74) is 4.12. The highest BCUT2D eigenvalue weighted by Crippen LogP contribution is 2.23. The van der Waals surface area contributed by atoms with Gasteiger partial charge >= 0.3 is 0 Å². The van der Waals surface area contributed by atoms with Crippen LogP contribution < -0.4 is 5.32 Å². The van der Waals surface area contributed by atoms with Gasteiger partial charge in [-0.1, -0.05) is 80.6 Å². The van der Waals surface area contributed by atoms with Gasteiger partial charge in [0, 0.05) is 36.2 Å². The maximum absolute atomic E-state index is 3.86. The predicted octanol–water partition coefficient (Wildman–Crippen LogP) is 5.89.